The standard InChI is InChI=1S/C19H22N2O3/c1-13(2)18-10-11-23-19(24-18)16-12-15(8-9-17(16)22)21-20-14-6-4-3-5-7-14/h3-9,12-13,18-19,22H,10-11H2,1-2H3/b21-20+. The molecule has 0 bridgehead atoms. The van der Waals surface area contributed by atoms with Crippen molar-refractivity contribution in [3.05, 3.63) is 54.1 Å². The lowest BCUT2D eigenvalue weighted by molar-refractivity contribution is -0.227. The fourth-order valence-electron chi connectivity index (χ4n) is 2.61. The normalized spacial score (nSPS) is 21.5. The van der Waals surface area contributed by atoms with E-state index in [1.54, 1.807) is 18.2 Å². The quantitative estimate of drug-likeness (QED) is 0.779. The van der Waals surface area contributed by atoms with E-state index in [-0.39, 0.29) is 11.9 Å². The number of hydrogen-bond acceptors (Lipinski definition) is 5. The van der Waals surface area contributed by atoms with Gasteiger partial charge in [0.2, 0.25) is 0 Å². The first-order chi connectivity index (χ1) is 11.6. The lowest BCUT2D eigenvalue weighted by Gasteiger charge is -2.32. The Bertz CT molecular complexity index is 701. The van der Waals surface area contributed by atoms with Crippen molar-refractivity contribution in [3.8, 4) is 5.75 Å². The average Bonchev–Trinajstić information content (AvgIpc) is 2.62. The first-order valence-electron chi connectivity index (χ1n) is 8.20. The summed E-state index contributed by atoms with van der Waals surface area (Å²) in [5.41, 5.74) is 2.01. The van der Waals surface area contributed by atoms with Crippen molar-refractivity contribution in [2.24, 2.45) is 16.1 Å². The Balaban J connectivity index is 1.80. The summed E-state index contributed by atoms with van der Waals surface area (Å²) in [5.74, 6) is 0.544. The van der Waals surface area contributed by atoms with E-state index in [9.17, 15) is 5.11 Å². The van der Waals surface area contributed by atoms with Gasteiger partial charge in [0.25, 0.3) is 0 Å². The van der Waals surface area contributed by atoms with Crippen LogP contribution in [0.2, 0.25) is 0 Å². The summed E-state index contributed by atoms with van der Waals surface area (Å²) in [4.78, 5) is 0. The Kier molecular flexibility index (Phi) is 5.23. The summed E-state index contributed by atoms with van der Waals surface area (Å²) in [5, 5.41) is 18.6. The molecule has 1 fully saturated rings. The van der Waals surface area contributed by atoms with Crippen molar-refractivity contribution in [1.82, 2.24) is 0 Å². The molecule has 2 atom stereocenters. The molecule has 24 heavy (non-hydrogen) atoms. The Morgan fingerprint density at radius 1 is 1.04 bits per heavy atom. The van der Waals surface area contributed by atoms with Crippen molar-refractivity contribution in [2.45, 2.75) is 32.7 Å². The Morgan fingerprint density at radius 2 is 1.79 bits per heavy atom. The van der Waals surface area contributed by atoms with Crippen LogP contribution in [0.3, 0.4) is 0 Å². The molecule has 2 aromatic carbocycles. The van der Waals surface area contributed by atoms with E-state index in [0.717, 1.165) is 12.1 Å². The van der Waals surface area contributed by atoms with Gasteiger partial charge in [-0.25, -0.2) is 0 Å². The molecular formula is C19H22N2O3. The third-order valence-electron chi connectivity index (χ3n) is 4.02. The summed E-state index contributed by atoms with van der Waals surface area (Å²) in [6.07, 6.45) is 0.415. The van der Waals surface area contributed by atoms with Gasteiger partial charge in [0.1, 0.15) is 5.75 Å². The molecule has 5 heteroatoms. The van der Waals surface area contributed by atoms with Crippen molar-refractivity contribution in [2.75, 3.05) is 6.61 Å². The second kappa shape index (κ2) is 7.55. The zero-order valence-corrected chi connectivity index (χ0v) is 13.9. The van der Waals surface area contributed by atoms with E-state index < -0.39 is 6.29 Å². The van der Waals surface area contributed by atoms with Crippen LogP contribution in [0.5, 0.6) is 5.75 Å². The Labute approximate surface area is 142 Å². The second-order valence-electron chi connectivity index (χ2n) is 6.19. The maximum atomic E-state index is 10.2. The van der Waals surface area contributed by atoms with Crippen LogP contribution in [0.1, 0.15) is 32.1 Å². The number of rotatable bonds is 4. The minimum absolute atomic E-state index is 0.123. The first kappa shape index (κ1) is 16.6. The molecule has 2 aromatic rings. The molecule has 1 aliphatic rings. The molecule has 2 unspecified atom stereocenters. The molecule has 1 heterocycles. The van der Waals surface area contributed by atoms with Crippen LogP contribution >= 0.6 is 0 Å². The number of phenolic OH excluding ortho intramolecular Hbond substituents is 1. The number of ether oxygens (including phenoxy) is 2. The first-order valence-corrected chi connectivity index (χ1v) is 8.20. The zero-order valence-electron chi connectivity index (χ0n) is 13.9. The van der Waals surface area contributed by atoms with Crippen LogP contribution in [0.4, 0.5) is 11.4 Å². The number of nitrogens with zero attached hydrogens (tertiary/aromatic N) is 2. The highest BCUT2D eigenvalue weighted by atomic mass is 16.7. The van der Waals surface area contributed by atoms with Crippen molar-refractivity contribution in [3.63, 3.8) is 0 Å². The van der Waals surface area contributed by atoms with Crippen LogP contribution in [0, 0.1) is 5.92 Å². The van der Waals surface area contributed by atoms with Gasteiger partial charge >= 0.3 is 0 Å². The van der Waals surface area contributed by atoms with Gasteiger partial charge in [0.05, 0.1) is 29.6 Å². The predicted molar refractivity (Wildman–Crippen MR) is 91.7 cm³/mol. The second-order valence-corrected chi connectivity index (χ2v) is 6.19. The van der Waals surface area contributed by atoms with Gasteiger partial charge in [-0.3, -0.25) is 0 Å². The number of benzene rings is 2. The summed E-state index contributed by atoms with van der Waals surface area (Å²) in [7, 11) is 0. The minimum Gasteiger partial charge on any atom is -0.507 e. The summed E-state index contributed by atoms with van der Waals surface area (Å²) in [6.45, 7) is 4.86. The molecule has 126 valence electrons. The molecule has 1 N–H and O–H groups in total. The molecule has 0 aromatic heterocycles. The fraction of sp³-hybridized carbons (Fsp3) is 0.368. The van der Waals surface area contributed by atoms with Crippen LogP contribution in [-0.2, 0) is 9.47 Å². The molecule has 0 radical (unpaired) electrons. The van der Waals surface area contributed by atoms with Gasteiger partial charge in [0, 0.05) is 0 Å². The Hall–Kier alpha value is -2.24. The third kappa shape index (κ3) is 3.99. The SMILES string of the molecule is CC(C)C1CCOC(c2cc(/N=N/c3ccccc3)ccc2O)O1. The summed E-state index contributed by atoms with van der Waals surface area (Å²) in [6, 6.07) is 14.6. The van der Waals surface area contributed by atoms with Gasteiger partial charge < -0.3 is 14.6 Å². The number of phenols is 1. The number of azo groups is 1. The van der Waals surface area contributed by atoms with E-state index >= 15 is 0 Å². The molecule has 0 aliphatic carbocycles. The number of hydrogen-bond donors (Lipinski definition) is 1. The van der Waals surface area contributed by atoms with Crippen molar-refractivity contribution < 1.29 is 14.6 Å². The highest BCUT2D eigenvalue weighted by molar-refractivity contribution is 5.48. The smallest absolute Gasteiger partial charge is 0.187 e. The van der Waals surface area contributed by atoms with Crippen molar-refractivity contribution >= 4 is 11.4 Å². The van der Waals surface area contributed by atoms with Gasteiger partial charge in [-0.2, -0.15) is 10.2 Å². The molecule has 5 nitrogen and oxygen atoms in total. The van der Waals surface area contributed by atoms with Gasteiger partial charge in [-0.1, -0.05) is 32.0 Å². The van der Waals surface area contributed by atoms with E-state index in [1.165, 1.54) is 0 Å². The fourth-order valence-corrected chi connectivity index (χ4v) is 2.61. The largest absolute Gasteiger partial charge is 0.507 e. The van der Waals surface area contributed by atoms with E-state index in [1.807, 2.05) is 30.3 Å². The van der Waals surface area contributed by atoms with E-state index in [4.69, 9.17) is 9.47 Å². The Morgan fingerprint density at radius 3 is 2.54 bits per heavy atom. The van der Waals surface area contributed by atoms with Gasteiger partial charge in [-0.15, -0.1) is 0 Å². The third-order valence-corrected chi connectivity index (χ3v) is 4.02. The maximum Gasteiger partial charge on any atom is 0.187 e. The number of aromatic hydroxyl groups is 1. The van der Waals surface area contributed by atoms with Crippen molar-refractivity contribution in [1.29, 1.82) is 0 Å². The summed E-state index contributed by atoms with van der Waals surface area (Å²) < 4.78 is 11.7. The highest BCUT2D eigenvalue weighted by Crippen LogP contribution is 2.36. The van der Waals surface area contributed by atoms with Crippen LogP contribution in [0.15, 0.2) is 58.8 Å². The maximum absolute atomic E-state index is 10.2. The average molecular weight is 326 g/mol. The topological polar surface area (TPSA) is 63.4 Å². The predicted octanol–water partition coefficient (Wildman–Crippen LogP) is 5.27. The van der Waals surface area contributed by atoms with Gasteiger partial charge in [0.15, 0.2) is 6.29 Å². The molecular weight excluding hydrogens is 304 g/mol. The zero-order chi connectivity index (χ0) is 16.9. The lowest BCUT2D eigenvalue weighted by atomic mass is 10.0. The molecule has 1 aliphatic heterocycles. The molecule has 3 rings (SSSR count). The molecule has 0 spiro atoms. The molecule has 1 saturated heterocycles. The van der Waals surface area contributed by atoms with E-state index in [0.29, 0.717) is 23.8 Å². The minimum atomic E-state index is -0.571. The lowest BCUT2D eigenvalue weighted by Crippen LogP contribution is -2.30. The monoisotopic (exact) mass is 326 g/mol. The summed E-state index contributed by atoms with van der Waals surface area (Å²) >= 11 is 0. The highest BCUT2D eigenvalue weighted by Gasteiger charge is 2.28. The van der Waals surface area contributed by atoms with E-state index in [2.05, 4.69) is 24.1 Å². The van der Waals surface area contributed by atoms with Gasteiger partial charge in [-0.05, 0) is 42.7 Å². The molecule has 0 saturated carbocycles. The van der Waals surface area contributed by atoms with Crippen LogP contribution in [0.25, 0.3) is 0 Å². The van der Waals surface area contributed by atoms with Crippen LogP contribution in [-0.4, -0.2) is 17.8 Å². The van der Waals surface area contributed by atoms with Crippen LogP contribution < -0.4 is 0 Å². The molecule has 0 amide bonds.